The number of fused-ring (bicyclic) bond motifs is 1. The highest BCUT2D eigenvalue weighted by Crippen LogP contribution is 2.38. The molecular weight excluding hydrogens is 386 g/mol. The smallest absolute Gasteiger partial charge is 0.465 e. The van der Waals surface area contributed by atoms with Crippen LogP contribution in [0.3, 0.4) is 0 Å². The first-order valence-corrected chi connectivity index (χ1v) is 9.27. The van der Waals surface area contributed by atoms with Gasteiger partial charge in [-0.2, -0.15) is 14.3 Å². The lowest BCUT2D eigenvalue weighted by Gasteiger charge is -2.20. The molecule has 2 aliphatic rings. The number of anilines is 1. The van der Waals surface area contributed by atoms with Crippen molar-refractivity contribution in [2.24, 2.45) is 5.92 Å². The van der Waals surface area contributed by atoms with E-state index in [1.54, 1.807) is 31.3 Å². The van der Waals surface area contributed by atoms with Gasteiger partial charge < -0.3 is 14.8 Å². The number of para-hydroxylation sites is 1. The standard InChI is InChI=1S/C22H19N3O5/c1-24-19(26)17-16(13-9-11-14(12-10-13)21(27)29-3)18(23-15-7-5-4-6-8-15)30-20(17)25(2)22(24)28/h4-12,17H,1-3H3/p+1. The fourth-order valence-corrected chi connectivity index (χ4v) is 3.52. The van der Waals surface area contributed by atoms with Crippen molar-refractivity contribution in [1.29, 1.82) is 0 Å². The largest absolute Gasteiger partial charge is 0.502 e. The minimum Gasteiger partial charge on any atom is -0.465 e. The summed E-state index contributed by atoms with van der Waals surface area (Å²) in [5.74, 6) is -1.02. The lowest BCUT2D eigenvalue weighted by atomic mass is 9.91. The van der Waals surface area contributed by atoms with Crippen LogP contribution in [-0.4, -0.2) is 54.5 Å². The Kier molecular flexibility index (Phi) is 4.83. The van der Waals surface area contributed by atoms with Crippen molar-refractivity contribution in [3.05, 3.63) is 71.6 Å². The summed E-state index contributed by atoms with van der Waals surface area (Å²) >= 11 is 0. The fourth-order valence-electron chi connectivity index (χ4n) is 3.52. The Morgan fingerprint density at radius 2 is 1.77 bits per heavy atom. The second kappa shape index (κ2) is 7.47. The molecule has 0 aromatic heterocycles. The molecule has 1 N–H and O–H groups in total. The maximum absolute atomic E-state index is 13.0. The van der Waals surface area contributed by atoms with E-state index in [4.69, 9.17) is 9.47 Å². The van der Waals surface area contributed by atoms with Crippen molar-refractivity contribution in [1.82, 2.24) is 4.90 Å². The van der Waals surface area contributed by atoms with E-state index in [-0.39, 0.29) is 11.8 Å². The lowest BCUT2D eigenvalue weighted by molar-refractivity contribution is -0.415. The first-order valence-electron chi connectivity index (χ1n) is 9.27. The van der Waals surface area contributed by atoms with Gasteiger partial charge in [-0.25, -0.2) is 9.59 Å². The number of amides is 3. The second-order valence-electron chi connectivity index (χ2n) is 6.91. The summed E-state index contributed by atoms with van der Waals surface area (Å²) in [6.07, 6.45) is 0. The van der Waals surface area contributed by atoms with Gasteiger partial charge in [0, 0.05) is 11.3 Å². The highest BCUT2D eigenvalue weighted by molar-refractivity contribution is 6.18. The molecule has 1 atom stereocenters. The number of imide groups is 1. The number of hydrogen-bond donors (Lipinski definition) is 1. The molecule has 30 heavy (non-hydrogen) atoms. The summed E-state index contributed by atoms with van der Waals surface area (Å²) in [5, 5.41) is 3.20. The van der Waals surface area contributed by atoms with Crippen LogP contribution in [0.4, 0.5) is 10.5 Å². The average molecular weight is 406 g/mol. The molecule has 8 heteroatoms. The summed E-state index contributed by atoms with van der Waals surface area (Å²) in [7, 11) is 4.33. The molecule has 0 saturated carbocycles. The van der Waals surface area contributed by atoms with Crippen LogP contribution in [0.25, 0.3) is 5.57 Å². The molecule has 2 aromatic carbocycles. The number of nitrogens with zero attached hydrogens (tertiary/aromatic N) is 2. The van der Waals surface area contributed by atoms with Gasteiger partial charge in [0.2, 0.25) is 5.88 Å². The number of nitrogens with one attached hydrogen (secondary N) is 1. The van der Waals surface area contributed by atoms with Crippen molar-refractivity contribution in [2.75, 3.05) is 26.5 Å². The van der Waals surface area contributed by atoms with E-state index in [9.17, 15) is 14.4 Å². The van der Waals surface area contributed by atoms with Crippen molar-refractivity contribution in [3.63, 3.8) is 0 Å². The number of carbonyl (C=O) groups excluding carboxylic acids is 3. The van der Waals surface area contributed by atoms with Gasteiger partial charge in [-0.05, 0) is 29.8 Å². The topological polar surface area (TPSA) is 87.9 Å². The average Bonchev–Trinajstić information content (AvgIpc) is 3.15. The van der Waals surface area contributed by atoms with Gasteiger partial charge in [-0.1, -0.05) is 30.3 Å². The van der Waals surface area contributed by atoms with Gasteiger partial charge in [0.15, 0.2) is 5.92 Å². The van der Waals surface area contributed by atoms with E-state index in [2.05, 4.69) is 5.32 Å². The second-order valence-corrected chi connectivity index (χ2v) is 6.91. The molecule has 3 amide bonds. The number of esters is 1. The van der Waals surface area contributed by atoms with Crippen LogP contribution in [-0.2, 0) is 14.3 Å². The number of carbonyl (C=O) groups is 3. The molecule has 2 heterocycles. The van der Waals surface area contributed by atoms with Crippen molar-refractivity contribution in [2.45, 2.75) is 0 Å². The Balaban J connectivity index is 1.84. The zero-order valence-electron chi connectivity index (χ0n) is 16.7. The van der Waals surface area contributed by atoms with Crippen LogP contribution in [0.5, 0.6) is 0 Å². The molecule has 4 rings (SSSR count). The molecule has 0 radical (unpaired) electrons. The van der Waals surface area contributed by atoms with Crippen molar-refractivity contribution < 1.29 is 28.4 Å². The predicted molar refractivity (Wildman–Crippen MR) is 109 cm³/mol. The van der Waals surface area contributed by atoms with Crippen molar-refractivity contribution >= 4 is 35.1 Å². The Morgan fingerprint density at radius 1 is 1.10 bits per heavy atom. The molecule has 2 aromatic rings. The molecule has 1 unspecified atom stereocenters. The van der Waals surface area contributed by atoms with Gasteiger partial charge in [0.05, 0.1) is 26.8 Å². The maximum atomic E-state index is 13.0. The number of methoxy groups -OCH3 is 1. The molecule has 0 bridgehead atoms. The molecule has 0 saturated heterocycles. The highest BCUT2D eigenvalue weighted by Gasteiger charge is 2.53. The molecule has 2 aliphatic heterocycles. The fraction of sp³-hybridized carbons (Fsp3) is 0.182. The lowest BCUT2D eigenvalue weighted by Crippen LogP contribution is -2.51. The van der Waals surface area contributed by atoms with Crippen LogP contribution < -0.4 is 5.32 Å². The third kappa shape index (κ3) is 3.12. The monoisotopic (exact) mass is 406 g/mol. The van der Waals surface area contributed by atoms with Gasteiger partial charge in [-0.15, -0.1) is 0 Å². The van der Waals surface area contributed by atoms with E-state index in [0.29, 0.717) is 22.6 Å². The molecule has 0 fully saturated rings. The van der Waals surface area contributed by atoms with Crippen molar-refractivity contribution in [3.8, 4) is 0 Å². The van der Waals surface area contributed by atoms with Crippen LogP contribution in [0, 0.1) is 5.92 Å². The summed E-state index contributed by atoms with van der Waals surface area (Å²) in [4.78, 5) is 38.2. The highest BCUT2D eigenvalue weighted by atomic mass is 16.5. The number of rotatable bonds is 4. The third-order valence-electron chi connectivity index (χ3n) is 5.12. The van der Waals surface area contributed by atoms with Crippen LogP contribution in [0.1, 0.15) is 15.9 Å². The van der Waals surface area contributed by atoms with Gasteiger partial charge in [0.25, 0.3) is 5.90 Å². The molecule has 8 nitrogen and oxygen atoms in total. The van der Waals surface area contributed by atoms with Gasteiger partial charge in [-0.3, -0.25) is 0 Å². The normalized spacial score (nSPS) is 18.4. The SMILES string of the molecule is COC(=O)c1ccc(C2=C(Nc3ccccc3)OC3=[N+](C)C(=O)N(C)C(=O)C23)cc1. The summed E-state index contributed by atoms with van der Waals surface area (Å²) in [6, 6.07) is 15.6. The van der Waals surface area contributed by atoms with Crippen LogP contribution in [0.15, 0.2) is 60.5 Å². The number of benzene rings is 2. The molecule has 0 spiro atoms. The van der Waals surface area contributed by atoms with E-state index < -0.39 is 17.9 Å². The van der Waals surface area contributed by atoms with Crippen LogP contribution in [0.2, 0.25) is 0 Å². The summed E-state index contributed by atoms with van der Waals surface area (Å²) in [6.45, 7) is 0. The third-order valence-corrected chi connectivity index (χ3v) is 5.12. The number of ether oxygens (including phenoxy) is 2. The molecule has 152 valence electrons. The Hall–Kier alpha value is -3.94. The van der Waals surface area contributed by atoms with Crippen LogP contribution >= 0.6 is 0 Å². The minimum atomic E-state index is -0.784. The van der Waals surface area contributed by atoms with Gasteiger partial charge in [0.1, 0.15) is 0 Å². The Morgan fingerprint density at radius 3 is 2.40 bits per heavy atom. The Labute approximate surface area is 173 Å². The quantitative estimate of drug-likeness (QED) is 0.620. The van der Waals surface area contributed by atoms with E-state index in [0.717, 1.165) is 10.6 Å². The minimum absolute atomic E-state index is 0.244. The van der Waals surface area contributed by atoms with E-state index >= 15 is 0 Å². The Bertz CT molecular complexity index is 1100. The summed E-state index contributed by atoms with van der Waals surface area (Å²) in [5.41, 5.74) is 2.43. The zero-order chi connectivity index (χ0) is 21.4. The summed E-state index contributed by atoms with van der Waals surface area (Å²) < 4.78 is 12.1. The first-order chi connectivity index (χ1) is 14.4. The molecule has 0 aliphatic carbocycles. The maximum Gasteiger partial charge on any atom is 0.502 e. The van der Waals surface area contributed by atoms with Gasteiger partial charge >= 0.3 is 17.9 Å². The molecular formula is C22H20N3O5+. The predicted octanol–water partition coefficient (Wildman–Crippen LogP) is 2.53. The van der Waals surface area contributed by atoms with E-state index in [1.165, 1.54) is 18.7 Å². The number of hydrogen-bond acceptors (Lipinski definition) is 6. The zero-order valence-corrected chi connectivity index (χ0v) is 16.7. The first kappa shape index (κ1) is 19.4. The van der Waals surface area contributed by atoms with E-state index in [1.807, 2.05) is 30.3 Å². The number of urea groups is 1.